The topological polar surface area (TPSA) is 47.0 Å². The molecule has 4 heteroatoms. The summed E-state index contributed by atoms with van der Waals surface area (Å²) < 4.78 is 5.70. The van der Waals surface area contributed by atoms with E-state index in [9.17, 15) is 0 Å². The Balaban J connectivity index is 1.94. The minimum absolute atomic E-state index is 0.702. The Hall–Kier alpha value is -1.32. The highest BCUT2D eigenvalue weighted by molar-refractivity contribution is 5.37. The Kier molecular flexibility index (Phi) is 4.18. The molecule has 0 atom stereocenters. The lowest BCUT2D eigenvalue weighted by Crippen LogP contribution is -2.05. The fourth-order valence-corrected chi connectivity index (χ4v) is 1.75. The molecule has 1 aliphatic rings. The second-order valence-electron chi connectivity index (χ2n) is 4.59. The van der Waals surface area contributed by atoms with Crippen LogP contribution < -0.4 is 10.1 Å². The summed E-state index contributed by atoms with van der Waals surface area (Å²) in [6, 6.07) is 1.87. The van der Waals surface area contributed by atoms with Gasteiger partial charge in [0.1, 0.15) is 11.6 Å². The smallest absolute Gasteiger partial charge is 0.218 e. The van der Waals surface area contributed by atoms with Gasteiger partial charge in [0.05, 0.1) is 6.61 Å². The van der Waals surface area contributed by atoms with E-state index in [1.807, 2.05) is 13.1 Å². The molecule has 2 rings (SSSR count). The third-order valence-corrected chi connectivity index (χ3v) is 2.95. The van der Waals surface area contributed by atoms with Crippen LogP contribution in [0.5, 0.6) is 5.88 Å². The predicted molar refractivity (Wildman–Crippen MR) is 68.4 cm³/mol. The van der Waals surface area contributed by atoms with Gasteiger partial charge in [-0.3, -0.25) is 0 Å². The van der Waals surface area contributed by atoms with Gasteiger partial charge < -0.3 is 10.1 Å². The molecule has 1 aromatic rings. The first-order valence-electron chi connectivity index (χ1n) is 6.50. The Morgan fingerprint density at radius 1 is 1.41 bits per heavy atom. The molecule has 0 aliphatic heterocycles. The van der Waals surface area contributed by atoms with Gasteiger partial charge in [0, 0.05) is 19.5 Å². The van der Waals surface area contributed by atoms with E-state index in [-0.39, 0.29) is 0 Å². The normalized spacial score (nSPS) is 14.7. The number of anilines is 1. The maximum Gasteiger partial charge on any atom is 0.218 e. The molecule has 0 spiro atoms. The minimum atomic E-state index is 0.702. The molecule has 1 N–H and O–H groups in total. The van der Waals surface area contributed by atoms with Crippen molar-refractivity contribution in [2.45, 2.75) is 39.0 Å². The molecule has 1 heterocycles. The summed E-state index contributed by atoms with van der Waals surface area (Å²) in [7, 11) is 1.87. The first kappa shape index (κ1) is 12.1. The molecule has 94 valence electrons. The van der Waals surface area contributed by atoms with E-state index in [0.29, 0.717) is 5.88 Å². The van der Waals surface area contributed by atoms with Gasteiger partial charge in [0.2, 0.25) is 5.88 Å². The monoisotopic (exact) mass is 235 g/mol. The zero-order valence-electron chi connectivity index (χ0n) is 10.7. The van der Waals surface area contributed by atoms with Crippen LogP contribution >= 0.6 is 0 Å². The highest BCUT2D eigenvalue weighted by Gasteiger charge is 2.20. The number of nitrogens with one attached hydrogen (secondary N) is 1. The van der Waals surface area contributed by atoms with Gasteiger partial charge in [-0.2, -0.15) is 4.98 Å². The van der Waals surface area contributed by atoms with E-state index in [0.717, 1.165) is 43.4 Å². The molecule has 0 radical (unpaired) electrons. The average molecular weight is 235 g/mol. The summed E-state index contributed by atoms with van der Waals surface area (Å²) in [6.45, 7) is 2.90. The van der Waals surface area contributed by atoms with Crippen molar-refractivity contribution in [3.8, 4) is 5.88 Å². The maximum atomic E-state index is 5.70. The average Bonchev–Trinajstić information content (AvgIpc) is 3.13. The van der Waals surface area contributed by atoms with Gasteiger partial charge in [0.15, 0.2) is 0 Å². The van der Waals surface area contributed by atoms with Gasteiger partial charge in [-0.25, -0.2) is 4.98 Å². The zero-order chi connectivity index (χ0) is 12.1. The standard InChI is InChI=1S/C13H21N3O/c1-3-4-11-15-12(14-2)9-13(16-11)17-8-7-10-5-6-10/h9-10H,3-8H2,1-2H3,(H,14,15,16). The Morgan fingerprint density at radius 3 is 2.88 bits per heavy atom. The van der Waals surface area contributed by atoms with Crippen molar-refractivity contribution < 1.29 is 4.74 Å². The van der Waals surface area contributed by atoms with E-state index < -0.39 is 0 Å². The van der Waals surface area contributed by atoms with Crippen molar-refractivity contribution in [1.29, 1.82) is 0 Å². The highest BCUT2D eigenvalue weighted by atomic mass is 16.5. The van der Waals surface area contributed by atoms with Crippen molar-refractivity contribution in [2.24, 2.45) is 5.92 Å². The second-order valence-corrected chi connectivity index (χ2v) is 4.59. The number of hydrogen-bond acceptors (Lipinski definition) is 4. The number of ether oxygens (including phenoxy) is 1. The van der Waals surface area contributed by atoms with Crippen molar-refractivity contribution in [3.05, 3.63) is 11.9 Å². The van der Waals surface area contributed by atoms with Gasteiger partial charge in [-0.15, -0.1) is 0 Å². The van der Waals surface area contributed by atoms with E-state index >= 15 is 0 Å². The lowest BCUT2D eigenvalue weighted by Gasteiger charge is -2.08. The molecule has 0 saturated heterocycles. The largest absolute Gasteiger partial charge is 0.478 e. The molecular formula is C13H21N3O. The van der Waals surface area contributed by atoms with Crippen LogP contribution in [0, 0.1) is 5.92 Å². The maximum absolute atomic E-state index is 5.70. The molecule has 0 unspecified atom stereocenters. The number of aromatic nitrogens is 2. The summed E-state index contributed by atoms with van der Waals surface area (Å²) in [5.41, 5.74) is 0. The molecular weight excluding hydrogens is 214 g/mol. The molecule has 0 aromatic carbocycles. The van der Waals surface area contributed by atoms with E-state index in [1.54, 1.807) is 0 Å². The van der Waals surface area contributed by atoms with Gasteiger partial charge in [0.25, 0.3) is 0 Å². The van der Waals surface area contributed by atoms with E-state index in [2.05, 4.69) is 22.2 Å². The van der Waals surface area contributed by atoms with Crippen LogP contribution in [0.2, 0.25) is 0 Å². The first-order chi connectivity index (χ1) is 8.31. The van der Waals surface area contributed by atoms with Crippen LogP contribution in [0.25, 0.3) is 0 Å². The predicted octanol–water partition coefficient (Wildman–Crippen LogP) is 2.65. The van der Waals surface area contributed by atoms with Crippen molar-refractivity contribution in [2.75, 3.05) is 19.0 Å². The fraction of sp³-hybridized carbons (Fsp3) is 0.692. The quantitative estimate of drug-likeness (QED) is 0.789. The number of aryl methyl sites for hydroxylation is 1. The molecule has 4 nitrogen and oxygen atoms in total. The molecule has 1 aromatic heterocycles. The van der Waals surface area contributed by atoms with Gasteiger partial charge in [-0.05, 0) is 18.8 Å². The van der Waals surface area contributed by atoms with E-state index in [4.69, 9.17) is 4.74 Å². The first-order valence-corrected chi connectivity index (χ1v) is 6.50. The van der Waals surface area contributed by atoms with Crippen LogP contribution in [0.15, 0.2) is 6.07 Å². The second kappa shape index (κ2) is 5.84. The van der Waals surface area contributed by atoms with Crippen LogP contribution in [0.4, 0.5) is 5.82 Å². The third-order valence-electron chi connectivity index (χ3n) is 2.95. The zero-order valence-corrected chi connectivity index (χ0v) is 10.7. The summed E-state index contributed by atoms with van der Waals surface area (Å²) in [6.07, 6.45) is 5.84. The fourth-order valence-electron chi connectivity index (χ4n) is 1.75. The summed E-state index contributed by atoms with van der Waals surface area (Å²) in [5.74, 6) is 3.30. The third kappa shape index (κ3) is 3.88. The highest BCUT2D eigenvalue weighted by Crippen LogP contribution is 2.32. The summed E-state index contributed by atoms with van der Waals surface area (Å²) in [4.78, 5) is 8.81. The van der Waals surface area contributed by atoms with Gasteiger partial charge >= 0.3 is 0 Å². The van der Waals surface area contributed by atoms with Gasteiger partial charge in [-0.1, -0.05) is 19.8 Å². The minimum Gasteiger partial charge on any atom is -0.478 e. The Bertz CT molecular complexity index is 364. The lowest BCUT2D eigenvalue weighted by atomic mass is 10.3. The lowest BCUT2D eigenvalue weighted by molar-refractivity contribution is 0.290. The molecule has 1 fully saturated rings. The number of rotatable bonds is 7. The number of hydrogen-bond donors (Lipinski definition) is 1. The molecule has 0 bridgehead atoms. The van der Waals surface area contributed by atoms with Crippen molar-refractivity contribution >= 4 is 5.82 Å². The molecule has 17 heavy (non-hydrogen) atoms. The number of nitrogens with zero attached hydrogens (tertiary/aromatic N) is 2. The Labute approximate surface area is 103 Å². The SMILES string of the molecule is CCCc1nc(NC)cc(OCCC2CC2)n1. The summed E-state index contributed by atoms with van der Waals surface area (Å²) >= 11 is 0. The Morgan fingerprint density at radius 2 is 2.24 bits per heavy atom. The van der Waals surface area contributed by atoms with Crippen molar-refractivity contribution in [3.63, 3.8) is 0 Å². The van der Waals surface area contributed by atoms with E-state index in [1.165, 1.54) is 12.8 Å². The molecule has 1 aliphatic carbocycles. The van der Waals surface area contributed by atoms with Crippen LogP contribution in [-0.2, 0) is 6.42 Å². The summed E-state index contributed by atoms with van der Waals surface area (Å²) in [5, 5.41) is 3.05. The molecule has 1 saturated carbocycles. The van der Waals surface area contributed by atoms with Crippen LogP contribution in [0.3, 0.4) is 0 Å². The van der Waals surface area contributed by atoms with Crippen molar-refractivity contribution in [1.82, 2.24) is 9.97 Å². The van der Waals surface area contributed by atoms with Crippen LogP contribution in [0.1, 0.15) is 38.4 Å². The molecule has 0 amide bonds. The van der Waals surface area contributed by atoms with Crippen LogP contribution in [-0.4, -0.2) is 23.6 Å².